The molecule has 1 saturated heterocycles. The fourth-order valence-electron chi connectivity index (χ4n) is 4.33. The number of amides is 2. The third kappa shape index (κ3) is 4.43. The van der Waals surface area contributed by atoms with Crippen LogP contribution in [0.15, 0.2) is 66.9 Å². The number of nitrogens with one attached hydrogen (secondary N) is 1. The first-order valence-corrected chi connectivity index (χ1v) is 11.7. The van der Waals surface area contributed by atoms with E-state index in [0.717, 1.165) is 16.8 Å². The monoisotopic (exact) mass is 483 g/mol. The molecule has 2 aromatic carbocycles. The SMILES string of the molecule is CCOC(=O)c1ccc(N2CC(C(=O)Nc3cnc4c(c3)c(C)nn4-c3ccccc3)CC2=O)cc1. The third-order valence-electron chi connectivity index (χ3n) is 6.16. The molecule has 3 heterocycles. The number of hydrogen-bond donors (Lipinski definition) is 1. The van der Waals surface area contributed by atoms with Crippen molar-refractivity contribution < 1.29 is 19.1 Å². The van der Waals surface area contributed by atoms with Crippen LogP contribution in [0.4, 0.5) is 11.4 Å². The fraction of sp³-hybridized carbons (Fsp3) is 0.222. The second kappa shape index (κ2) is 9.61. The zero-order valence-electron chi connectivity index (χ0n) is 20.0. The smallest absolute Gasteiger partial charge is 0.338 e. The average molecular weight is 484 g/mol. The van der Waals surface area contributed by atoms with E-state index in [4.69, 9.17) is 4.74 Å². The molecule has 1 unspecified atom stereocenters. The molecule has 1 aliphatic rings. The highest BCUT2D eigenvalue weighted by atomic mass is 16.5. The predicted molar refractivity (Wildman–Crippen MR) is 135 cm³/mol. The first-order valence-electron chi connectivity index (χ1n) is 11.7. The zero-order chi connectivity index (χ0) is 25.2. The molecule has 1 fully saturated rings. The van der Waals surface area contributed by atoms with E-state index < -0.39 is 11.9 Å². The molecule has 182 valence electrons. The largest absolute Gasteiger partial charge is 0.462 e. The Morgan fingerprint density at radius 2 is 1.83 bits per heavy atom. The summed E-state index contributed by atoms with van der Waals surface area (Å²) in [5.41, 5.74) is 3.99. The molecule has 1 atom stereocenters. The topological polar surface area (TPSA) is 106 Å². The molecule has 0 bridgehead atoms. The van der Waals surface area contributed by atoms with Gasteiger partial charge < -0.3 is 15.0 Å². The molecular weight excluding hydrogens is 458 g/mol. The van der Waals surface area contributed by atoms with Gasteiger partial charge in [0.25, 0.3) is 0 Å². The number of esters is 1. The Morgan fingerprint density at radius 3 is 2.56 bits per heavy atom. The van der Waals surface area contributed by atoms with Gasteiger partial charge in [0.05, 0.1) is 41.4 Å². The lowest BCUT2D eigenvalue weighted by Gasteiger charge is -2.17. The predicted octanol–water partition coefficient (Wildman–Crippen LogP) is 3.90. The number of anilines is 2. The molecule has 0 saturated carbocycles. The number of carbonyl (C=O) groups excluding carboxylic acids is 3. The minimum atomic E-state index is -0.508. The molecule has 0 spiro atoms. The summed E-state index contributed by atoms with van der Waals surface area (Å²) in [6.07, 6.45) is 1.70. The lowest BCUT2D eigenvalue weighted by atomic mass is 10.1. The number of aromatic nitrogens is 3. The van der Waals surface area contributed by atoms with Gasteiger partial charge in [0.2, 0.25) is 11.8 Å². The number of ether oxygens (including phenoxy) is 1. The standard InChI is InChI=1S/C27H25N5O4/c1-3-36-27(35)18-9-11-21(12-10-18)31-16-19(13-24(31)33)26(34)29-20-14-23-17(2)30-32(25(23)28-15-20)22-7-5-4-6-8-22/h4-12,14-15,19H,3,13,16H2,1-2H3,(H,29,34). The lowest BCUT2D eigenvalue weighted by molar-refractivity contribution is -0.122. The van der Waals surface area contributed by atoms with E-state index >= 15 is 0 Å². The Labute approximate surface area is 207 Å². The fourth-order valence-corrected chi connectivity index (χ4v) is 4.33. The van der Waals surface area contributed by atoms with Gasteiger partial charge in [-0.05, 0) is 56.3 Å². The first kappa shape index (κ1) is 23.2. The Balaban J connectivity index is 1.29. The van der Waals surface area contributed by atoms with Crippen molar-refractivity contribution in [3.8, 4) is 5.69 Å². The number of rotatable bonds is 6. The second-order valence-corrected chi connectivity index (χ2v) is 8.59. The number of hydrogen-bond acceptors (Lipinski definition) is 6. The van der Waals surface area contributed by atoms with Gasteiger partial charge in [0.15, 0.2) is 5.65 Å². The number of carbonyl (C=O) groups is 3. The maximum absolute atomic E-state index is 13.0. The van der Waals surface area contributed by atoms with Crippen molar-refractivity contribution in [2.45, 2.75) is 20.3 Å². The highest BCUT2D eigenvalue weighted by Gasteiger charge is 2.35. The van der Waals surface area contributed by atoms with Crippen LogP contribution >= 0.6 is 0 Å². The van der Waals surface area contributed by atoms with E-state index in [2.05, 4.69) is 15.4 Å². The molecule has 2 aromatic heterocycles. The summed E-state index contributed by atoms with van der Waals surface area (Å²) in [4.78, 5) is 43.6. The summed E-state index contributed by atoms with van der Waals surface area (Å²) in [7, 11) is 0. The Hall–Kier alpha value is -4.53. The van der Waals surface area contributed by atoms with Crippen molar-refractivity contribution in [2.75, 3.05) is 23.4 Å². The molecule has 1 aliphatic heterocycles. The van der Waals surface area contributed by atoms with Gasteiger partial charge in [-0.1, -0.05) is 18.2 Å². The van der Waals surface area contributed by atoms with Gasteiger partial charge in [-0.25, -0.2) is 14.5 Å². The van der Waals surface area contributed by atoms with E-state index in [1.54, 1.807) is 47.0 Å². The molecule has 5 rings (SSSR count). The summed E-state index contributed by atoms with van der Waals surface area (Å²) >= 11 is 0. The molecule has 2 amide bonds. The van der Waals surface area contributed by atoms with E-state index in [0.29, 0.717) is 29.2 Å². The van der Waals surface area contributed by atoms with Crippen molar-refractivity contribution >= 4 is 40.2 Å². The molecule has 0 radical (unpaired) electrons. The number of pyridine rings is 1. The van der Waals surface area contributed by atoms with Crippen molar-refractivity contribution in [1.82, 2.24) is 14.8 Å². The van der Waals surface area contributed by atoms with Crippen LogP contribution in [0.1, 0.15) is 29.4 Å². The highest BCUT2D eigenvalue weighted by molar-refractivity contribution is 6.04. The van der Waals surface area contributed by atoms with Crippen LogP contribution in [0.3, 0.4) is 0 Å². The van der Waals surface area contributed by atoms with Gasteiger partial charge in [0, 0.05) is 24.0 Å². The van der Waals surface area contributed by atoms with E-state index in [9.17, 15) is 14.4 Å². The summed E-state index contributed by atoms with van der Waals surface area (Å²) in [5.74, 6) is -1.31. The van der Waals surface area contributed by atoms with Crippen LogP contribution in [-0.2, 0) is 14.3 Å². The molecular formula is C27H25N5O4. The van der Waals surface area contributed by atoms with Crippen LogP contribution < -0.4 is 10.2 Å². The van der Waals surface area contributed by atoms with Gasteiger partial charge in [-0.2, -0.15) is 5.10 Å². The molecule has 9 heteroatoms. The number of nitrogens with zero attached hydrogens (tertiary/aromatic N) is 4. The van der Waals surface area contributed by atoms with Gasteiger partial charge in [-0.15, -0.1) is 0 Å². The summed E-state index contributed by atoms with van der Waals surface area (Å²) in [6.45, 7) is 4.19. The number of aryl methyl sites for hydroxylation is 1. The van der Waals surface area contributed by atoms with Crippen molar-refractivity contribution in [1.29, 1.82) is 0 Å². The maximum atomic E-state index is 13.0. The lowest BCUT2D eigenvalue weighted by Crippen LogP contribution is -2.28. The summed E-state index contributed by atoms with van der Waals surface area (Å²) in [5, 5.41) is 8.34. The van der Waals surface area contributed by atoms with E-state index in [1.807, 2.05) is 43.3 Å². The molecule has 4 aromatic rings. The molecule has 0 aliphatic carbocycles. The van der Waals surface area contributed by atoms with Crippen LogP contribution in [-0.4, -0.2) is 45.7 Å². The number of para-hydroxylation sites is 1. The van der Waals surface area contributed by atoms with Crippen molar-refractivity contribution in [3.05, 3.63) is 78.1 Å². The van der Waals surface area contributed by atoms with E-state index in [1.165, 1.54) is 0 Å². The van der Waals surface area contributed by atoms with Crippen LogP contribution in [0.5, 0.6) is 0 Å². The average Bonchev–Trinajstić information content (AvgIpc) is 3.45. The highest BCUT2D eigenvalue weighted by Crippen LogP contribution is 2.28. The first-order chi connectivity index (χ1) is 17.4. The Kier molecular flexibility index (Phi) is 6.20. The minimum absolute atomic E-state index is 0.103. The Morgan fingerprint density at radius 1 is 1.08 bits per heavy atom. The van der Waals surface area contributed by atoms with Crippen LogP contribution in [0, 0.1) is 12.8 Å². The quantitative estimate of drug-likeness (QED) is 0.417. The van der Waals surface area contributed by atoms with Crippen LogP contribution in [0.25, 0.3) is 16.7 Å². The van der Waals surface area contributed by atoms with Gasteiger partial charge in [-0.3, -0.25) is 9.59 Å². The van der Waals surface area contributed by atoms with Gasteiger partial charge >= 0.3 is 5.97 Å². The van der Waals surface area contributed by atoms with Crippen molar-refractivity contribution in [3.63, 3.8) is 0 Å². The molecule has 1 N–H and O–H groups in total. The number of fused-ring (bicyclic) bond motifs is 1. The zero-order valence-corrected chi connectivity index (χ0v) is 20.0. The minimum Gasteiger partial charge on any atom is -0.462 e. The number of benzene rings is 2. The second-order valence-electron chi connectivity index (χ2n) is 8.59. The normalized spacial score (nSPS) is 15.3. The summed E-state index contributed by atoms with van der Waals surface area (Å²) in [6, 6.07) is 18.2. The molecule has 9 nitrogen and oxygen atoms in total. The van der Waals surface area contributed by atoms with Crippen LogP contribution in [0.2, 0.25) is 0 Å². The van der Waals surface area contributed by atoms with E-state index in [-0.39, 0.29) is 24.8 Å². The van der Waals surface area contributed by atoms with Gasteiger partial charge in [0.1, 0.15) is 0 Å². The van der Waals surface area contributed by atoms with Crippen molar-refractivity contribution in [2.24, 2.45) is 5.92 Å². The summed E-state index contributed by atoms with van der Waals surface area (Å²) < 4.78 is 6.77. The third-order valence-corrected chi connectivity index (χ3v) is 6.16. The Bertz CT molecular complexity index is 1450. The molecule has 36 heavy (non-hydrogen) atoms. The maximum Gasteiger partial charge on any atom is 0.338 e.